The van der Waals surface area contributed by atoms with Gasteiger partial charge in [-0.1, -0.05) is 17.7 Å². The number of nitrogens with zero attached hydrogens (tertiary/aromatic N) is 2. The van der Waals surface area contributed by atoms with Crippen LogP contribution in [0.5, 0.6) is 0 Å². The van der Waals surface area contributed by atoms with E-state index in [2.05, 4.69) is 10.3 Å². The van der Waals surface area contributed by atoms with Crippen molar-refractivity contribution in [3.05, 3.63) is 98.3 Å². The van der Waals surface area contributed by atoms with Crippen molar-refractivity contribution < 1.29 is 18.7 Å². The summed E-state index contributed by atoms with van der Waals surface area (Å²) in [7, 11) is 0. The zero-order chi connectivity index (χ0) is 25.7. The molecule has 0 spiro atoms. The smallest absolute Gasteiger partial charge is 0.340 e. The Kier molecular flexibility index (Phi) is 5.76. The molecule has 0 unspecified atom stereocenters. The van der Waals surface area contributed by atoms with Gasteiger partial charge in [-0.05, 0) is 56.7 Å². The number of fused-ring (bicyclic) bond motifs is 2. The monoisotopic (exact) mass is 505 g/mol. The van der Waals surface area contributed by atoms with Gasteiger partial charge in [0.15, 0.2) is 11.2 Å². The summed E-state index contributed by atoms with van der Waals surface area (Å²) < 4.78 is 22.6. The van der Waals surface area contributed by atoms with Crippen LogP contribution in [0.25, 0.3) is 27.9 Å². The van der Waals surface area contributed by atoms with E-state index in [1.165, 1.54) is 18.2 Å². The maximum atomic E-state index is 14.5. The lowest BCUT2D eigenvalue weighted by atomic mass is 10.00. The fourth-order valence-corrected chi connectivity index (χ4v) is 4.51. The molecule has 0 aliphatic heterocycles. The number of aromatic nitrogens is 2. The van der Waals surface area contributed by atoms with Crippen LogP contribution < -0.4 is 10.7 Å². The zero-order valence-electron chi connectivity index (χ0n) is 19.6. The van der Waals surface area contributed by atoms with Crippen molar-refractivity contribution in [2.75, 3.05) is 5.32 Å². The van der Waals surface area contributed by atoms with E-state index in [1.807, 2.05) is 48.8 Å². The van der Waals surface area contributed by atoms with E-state index in [0.29, 0.717) is 27.9 Å². The lowest BCUT2D eigenvalue weighted by molar-refractivity contribution is 0.0693. The fourth-order valence-electron chi connectivity index (χ4n) is 4.35. The molecule has 7 nitrogen and oxygen atoms in total. The molecule has 2 aromatic carbocycles. The zero-order valence-corrected chi connectivity index (χ0v) is 20.4. The maximum Gasteiger partial charge on any atom is 0.340 e. The number of benzene rings is 2. The summed E-state index contributed by atoms with van der Waals surface area (Å²) in [4.78, 5) is 29.2. The van der Waals surface area contributed by atoms with Crippen LogP contribution >= 0.6 is 11.6 Å². The lowest BCUT2D eigenvalue weighted by Crippen LogP contribution is -2.14. The van der Waals surface area contributed by atoms with Crippen LogP contribution in [0, 0.1) is 19.7 Å². The fraction of sp³-hybridized carbons (Fsp3) is 0.148. The lowest BCUT2D eigenvalue weighted by Gasteiger charge is -2.20. The molecule has 0 bridgehead atoms. The number of imidazole rings is 1. The number of aromatic carboxylic acids is 1. The summed E-state index contributed by atoms with van der Waals surface area (Å²) >= 11 is 5.79. The number of anilines is 1. The van der Waals surface area contributed by atoms with Crippen molar-refractivity contribution in [1.82, 2.24) is 9.38 Å². The normalized spacial score (nSPS) is 12.2. The number of aryl methyl sites for hydroxylation is 2. The van der Waals surface area contributed by atoms with Gasteiger partial charge < -0.3 is 19.2 Å². The summed E-state index contributed by atoms with van der Waals surface area (Å²) in [6.07, 6.45) is 3.72. The molecule has 36 heavy (non-hydrogen) atoms. The highest BCUT2D eigenvalue weighted by Gasteiger charge is 2.22. The maximum absolute atomic E-state index is 14.5. The van der Waals surface area contributed by atoms with E-state index in [4.69, 9.17) is 16.0 Å². The number of hydrogen-bond donors (Lipinski definition) is 2. The Labute approximate surface area is 209 Å². The molecule has 1 atom stereocenters. The van der Waals surface area contributed by atoms with E-state index < -0.39 is 23.4 Å². The van der Waals surface area contributed by atoms with Gasteiger partial charge in [0.25, 0.3) is 0 Å². The molecule has 3 heterocycles. The molecule has 0 radical (unpaired) electrons. The summed E-state index contributed by atoms with van der Waals surface area (Å²) in [5.41, 5.74) is 3.42. The molecule has 5 rings (SSSR count). The predicted octanol–water partition coefficient (Wildman–Crippen LogP) is 6.39. The Morgan fingerprint density at radius 2 is 1.94 bits per heavy atom. The molecule has 0 fully saturated rings. The number of carbonyl (C=O) groups is 1. The van der Waals surface area contributed by atoms with E-state index in [0.717, 1.165) is 16.9 Å². The SMILES string of the molecule is Cc1cc([C@@H](C)Nc2ccc(Cl)c(F)c2C(=O)O)c2oc(-c3ccc4nc(C)cn4c3)cc(=O)c2c1. The Balaban J connectivity index is 1.64. The third-order valence-electron chi connectivity index (χ3n) is 6.00. The molecule has 0 aliphatic rings. The molecule has 2 N–H and O–H groups in total. The molecule has 9 heteroatoms. The van der Waals surface area contributed by atoms with E-state index in [1.54, 1.807) is 13.0 Å². The largest absolute Gasteiger partial charge is 0.478 e. The molecule has 0 aliphatic carbocycles. The summed E-state index contributed by atoms with van der Waals surface area (Å²) in [5, 5.41) is 12.7. The minimum absolute atomic E-state index is 0.0611. The third kappa shape index (κ3) is 4.09. The van der Waals surface area contributed by atoms with Gasteiger partial charge in [0.2, 0.25) is 0 Å². The van der Waals surface area contributed by atoms with Crippen molar-refractivity contribution in [2.24, 2.45) is 0 Å². The highest BCUT2D eigenvalue weighted by atomic mass is 35.5. The Hall–Kier alpha value is -4.17. The first-order valence-corrected chi connectivity index (χ1v) is 11.5. The molecule has 3 aromatic heterocycles. The number of nitrogens with one attached hydrogen (secondary N) is 1. The average Bonchev–Trinajstić information content (AvgIpc) is 3.20. The average molecular weight is 506 g/mol. The number of halogens is 2. The minimum atomic E-state index is -1.45. The first kappa shape index (κ1) is 23.6. The van der Waals surface area contributed by atoms with Crippen LogP contribution in [0.2, 0.25) is 5.02 Å². The first-order valence-electron chi connectivity index (χ1n) is 11.1. The second-order valence-electron chi connectivity index (χ2n) is 8.73. The van der Waals surface area contributed by atoms with Crippen LogP contribution in [0.1, 0.15) is 40.1 Å². The van der Waals surface area contributed by atoms with Gasteiger partial charge in [-0.15, -0.1) is 0 Å². The molecule has 182 valence electrons. The second kappa shape index (κ2) is 8.80. The topological polar surface area (TPSA) is 96.8 Å². The highest BCUT2D eigenvalue weighted by Crippen LogP contribution is 2.33. The van der Waals surface area contributed by atoms with E-state index in [-0.39, 0.29) is 16.1 Å². The standard InChI is InChI=1S/C27H21ClFN3O4/c1-13-8-17(15(3)31-20-6-5-19(28)25(29)24(20)27(34)35)26-18(9-13)21(33)10-22(36-26)16-4-7-23-30-14(2)11-32(23)12-16/h4-12,15,31H,1-3H3,(H,34,35)/t15-/m1/s1. The van der Waals surface area contributed by atoms with Crippen LogP contribution in [0.3, 0.4) is 0 Å². The van der Waals surface area contributed by atoms with E-state index in [9.17, 15) is 19.1 Å². The quantitative estimate of drug-likeness (QED) is 0.287. The first-order chi connectivity index (χ1) is 17.1. The van der Waals surface area contributed by atoms with Crippen molar-refractivity contribution >= 4 is 39.9 Å². The number of carboxylic acid groups (broad SMARTS) is 1. The van der Waals surface area contributed by atoms with Crippen LogP contribution in [0.4, 0.5) is 10.1 Å². The Morgan fingerprint density at radius 1 is 1.17 bits per heavy atom. The number of pyridine rings is 1. The second-order valence-corrected chi connectivity index (χ2v) is 9.13. The van der Waals surface area contributed by atoms with Gasteiger partial charge in [0, 0.05) is 29.6 Å². The van der Waals surface area contributed by atoms with Gasteiger partial charge >= 0.3 is 5.97 Å². The van der Waals surface area contributed by atoms with Crippen molar-refractivity contribution in [2.45, 2.75) is 26.8 Å². The van der Waals surface area contributed by atoms with Gasteiger partial charge in [-0.2, -0.15) is 0 Å². The van der Waals surface area contributed by atoms with Gasteiger partial charge in [0.1, 0.15) is 22.6 Å². The third-order valence-corrected chi connectivity index (χ3v) is 6.30. The number of rotatable bonds is 5. The Morgan fingerprint density at radius 3 is 2.69 bits per heavy atom. The van der Waals surface area contributed by atoms with Crippen LogP contribution in [-0.4, -0.2) is 20.5 Å². The molecule has 5 aromatic rings. The van der Waals surface area contributed by atoms with Crippen LogP contribution in [0.15, 0.2) is 64.1 Å². The summed E-state index contributed by atoms with van der Waals surface area (Å²) in [5.74, 6) is -2.09. The molecular weight excluding hydrogens is 485 g/mol. The number of carboxylic acids is 1. The van der Waals surface area contributed by atoms with Crippen molar-refractivity contribution in [3.8, 4) is 11.3 Å². The van der Waals surface area contributed by atoms with Gasteiger partial charge in [-0.25, -0.2) is 14.2 Å². The van der Waals surface area contributed by atoms with Crippen LogP contribution in [-0.2, 0) is 0 Å². The summed E-state index contributed by atoms with van der Waals surface area (Å²) in [6.45, 7) is 5.52. The highest BCUT2D eigenvalue weighted by molar-refractivity contribution is 6.31. The number of hydrogen-bond acceptors (Lipinski definition) is 5. The van der Waals surface area contributed by atoms with Gasteiger partial charge in [-0.3, -0.25) is 4.79 Å². The molecule has 0 amide bonds. The molecular formula is C27H21ClFN3O4. The van der Waals surface area contributed by atoms with E-state index >= 15 is 0 Å². The van der Waals surface area contributed by atoms with Gasteiger partial charge in [0.05, 0.1) is 27.8 Å². The van der Waals surface area contributed by atoms with Crippen molar-refractivity contribution in [1.29, 1.82) is 0 Å². The minimum Gasteiger partial charge on any atom is -0.478 e. The predicted molar refractivity (Wildman–Crippen MR) is 137 cm³/mol. The van der Waals surface area contributed by atoms with Crippen molar-refractivity contribution in [3.63, 3.8) is 0 Å². The molecule has 0 saturated heterocycles. The molecule has 0 saturated carbocycles. The summed E-state index contributed by atoms with van der Waals surface area (Å²) in [6, 6.07) is 10.9. The Bertz CT molecular complexity index is 1740.